The van der Waals surface area contributed by atoms with E-state index in [0.29, 0.717) is 0 Å². The zero-order valence-corrected chi connectivity index (χ0v) is 15.9. The highest BCUT2D eigenvalue weighted by Crippen LogP contribution is 2.30. The predicted octanol–water partition coefficient (Wildman–Crippen LogP) is 5.85. The van der Waals surface area contributed by atoms with Gasteiger partial charge in [0.25, 0.3) is 0 Å². The normalized spacial score (nSPS) is 11.4. The molecule has 2 N–H and O–H groups in total. The molecule has 3 rings (SSSR count). The lowest BCUT2D eigenvalue weighted by atomic mass is 9.86. The molecule has 0 saturated carbocycles. The number of pyridine rings is 1. The molecule has 1 heterocycles. The van der Waals surface area contributed by atoms with E-state index in [1.54, 1.807) is 12.1 Å². The summed E-state index contributed by atoms with van der Waals surface area (Å²) in [5, 5.41) is 12.8. The molecule has 0 atom stereocenters. The molecule has 0 bridgehead atoms. The van der Waals surface area contributed by atoms with Crippen LogP contribution in [-0.4, -0.2) is 16.6 Å². The van der Waals surface area contributed by atoms with Gasteiger partial charge in [0.2, 0.25) is 0 Å². The predicted molar refractivity (Wildman–Crippen MR) is 110 cm³/mol. The maximum absolute atomic E-state index is 9.53. The molecule has 0 aliphatic heterocycles. The summed E-state index contributed by atoms with van der Waals surface area (Å²) in [7, 11) is 0. The average molecular weight is 346 g/mol. The summed E-state index contributed by atoms with van der Waals surface area (Å²) in [6.45, 7) is 9.54. The number of nitrogens with zero attached hydrogens (tertiary/aromatic N) is 1. The minimum absolute atomic E-state index is 0.142. The summed E-state index contributed by atoms with van der Waals surface area (Å²) >= 11 is 0. The summed E-state index contributed by atoms with van der Waals surface area (Å²) < 4.78 is 0. The highest BCUT2D eigenvalue weighted by molar-refractivity contribution is 5.74. The highest BCUT2D eigenvalue weighted by Gasteiger charge is 2.13. The number of aromatic hydroxyl groups is 1. The van der Waals surface area contributed by atoms with Gasteiger partial charge in [-0.1, -0.05) is 45.0 Å². The van der Waals surface area contributed by atoms with Crippen LogP contribution in [0.5, 0.6) is 5.75 Å². The zero-order chi connectivity index (χ0) is 18.7. The second-order valence-corrected chi connectivity index (χ2v) is 7.53. The second kappa shape index (κ2) is 7.20. The molecule has 0 spiro atoms. The molecule has 3 nitrogen and oxygen atoms in total. The van der Waals surface area contributed by atoms with Crippen molar-refractivity contribution in [2.75, 3.05) is 11.9 Å². The summed E-state index contributed by atoms with van der Waals surface area (Å²) in [5.74, 6) is 1.11. The van der Waals surface area contributed by atoms with Crippen molar-refractivity contribution in [1.82, 2.24) is 4.98 Å². The molecule has 0 aliphatic carbocycles. The molecule has 0 radical (unpaired) electrons. The highest BCUT2D eigenvalue weighted by atomic mass is 16.3. The number of anilines is 1. The van der Waals surface area contributed by atoms with E-state index in [9.17, 15) is 5.11 Å². The Morgan fingerprint density at radius 1 is 0.846 bits per heavy atom. The SMILES string of the molecule is CCNc1cc(-c2ccc(C(C)(C)C)cc2)cc(-c2ccc(O)cc2)n1. The number of hydrogen-bond acceptors (Lipinski definition) is 3. The van der Waals surface area contributed by atoms with Gasteiger partial charge in [0.1, 0.15) is 11.6 Å². The lowest BCUT2D eigenvalue weighted by Crippen LogP contribution is -2.10. The maximum Gasteiger partial charge on any atom is 0.127 e. The fourth-order valence-electron chi connectivity index (χ4n) is 2.91. The lowest BCUT2D eigenvalue weighted by molar-refractivity contribution is 0.475. The van der Waals surface area contributed by atoms with Crippen LogP contribution in [0.3, 0.4) is 0 Å². The fourth-order valence-corrected chi connectivity index (χ4v) is 2.91. The Labute approximate surface area is 155 Å². The third-order valence-electron chi connectivity index (χ3n) is 4.43. The van der Waals surface area contributed by atoms with Crippen LogP contribution in [0.25, 0.3) is 22.4 Å². The lowest BCUT2D eigenvalue weighted by Gasteiger charge is -2.19. The first-order chi connectivity index (χ1) is 12.4. The van der Waals surface area contributed by atoms with Gasteiger partial charge in [-0.25, -0.2) is 4.98 Å². The first-order valence-corrected chi connectivity index (χ1v) is 9.03. The van der Waals surface area contributed by atoms with E-state index in [2.05, 4.69) is 69.4 Å². The summed E-state index contributed by atoms with van der Waals surface area (Å²) in [6, 6.07) is 20.1. The van der Waals surface area contributed by atoms with Crippen molar-refractivity contribution >= 4 is 5.82 Å². The molecule has 0 amide bonds. The van der Waals surface area contributed by atoms with E-state index in [4.69, 9.17) is 4.98 Å². The van der Waals surface area contributed by atoms with E-state index in [1.165, 1.54) is 11.1 Å². The Balaban J connectivity index is 2.04. The summed E-state index contributed by atoms with van der Waals surface area (Å²) in [6.07, 6.45) is 0. The number of nitrogens with one attached hydrogen (secondary N) is 1. The molecular weight excluding hydrogens is 320 g/mol. The number of phenolic OH excluding ortho intramolecular Hbond substituents is 1. The fraction of sp³-hybridized carbons (Fsp3) is 0.261. The molecule has 0 aliphatic rings. The van der Waals surface area contributed by atoms with Crippen LogP contribution in [0.15, 0.2) is 60.7 Å². The smallest absolute Gasteiger partial charge is 0.127 e. The maximum atomic E-state index is 9.53. The van der Waals surface area contributed by atoms with Crippen LogP contribution in [0, 0.1) is 0 Å². The molecule has 1 aromatic heterocycles. The number of phenols is 1. The van der Waals surface area contributed by atoms with E-state index in [0.717, 1.165) is 29.2 Å². The van der Waals surface area contributed by atoms with Gasteiger partial charge in [-0.15, -0.1) is 0 Å². The van der Waals surface area contributed by atoms with Crippen molar-refractivity contribution < 1.29 is 5.11 Å². The Kier molecular flexibility index (Phi) is 4.99. The topological polar surface area (TPSA) is 45.1 Å². The second-order valence-electron chi connectivity index (χ2n) is 7.53. The van der Waals surface area contributed by atoms with Crippen LogP contribution in [0.4, 0.5) is 5.82 Å². The molecule has 3 heteroatoms. The Morgan fingerprint density at radius 2 is 1.46 bits per heavy atom. The average Bonchev–Trinajstić information content (AvgIpc) is 2.62. The molecule has 26 heavy (non-hydrogen) atoms. The number of benzene rings is 2. The monoisotopic (exact) mass is 346 g/mol. The number of hydrogen-bond donors (Lipinski definition) is 2. The van der Waals surface area contributed by atoms with Crippen molar-refractivity contribution in [3.05, 3.63) is 66.2 Å². The van der Waals surface area contributed by atoms with Crippen LogP contribution in [-0.2, 0) is 5.41 Å². The molecule has 2 aromatic carbocycles. The third kappa shape index (κ3) is 4.05. The van der Waals surface area contributed by atoms with E-state index in [1.807, 2.05) is 12.1 Å². The van der Waals surface area contributed by atoms with Crippen molar-refractivity contribution in [3.63, 3.8) is 0 Å². The molecule has 0 unspecified atom stereocenters. The van der Waals surface area contributed by atoms with Crippen molar-refractivity contribution in [2.24, 2.45) is 0 Å². The van der Waals surface area contributed by atoms with Crippen LogP contribution in [0.1, 0.15) is 33.3 Å². The van der Waals surface area contributed by atoms with Gasteiger partial charge >= 0.3 is 0 Å². The van der Waals surface area contributed by atoms with Crippen molar-refractivity contribution in [3.8, 4) is 28.1 Å². The Hall–Kier alpha value is -2.81. The van der Waals surface area contributed by atoms with Gasteiger partial charge < -0.3 is 10.4 Å². The quantitative estimate of drug-likeness (QED) is 0.623. The third-order valence-corrected chi connectivity index (χ3v) is 4.43. The summed E-state index contributed by atoms with van der Waals surface area (Å²) in [4.78, 5) is 4.71. The van der Waals surface area contributed by atoms with Gasteiger partial charge in [-0.05, 0) is 65.4 Å². The van der Waals surface area contributed by atoms with Gasteiger partial charge in [0.15, 0.2) is 0 Å². The van der Waals surface area contributed by atoms with Crippen LogP contribution in [0.2, 0.25) is 0 Å². The Bertz CT molecular complexity index is 876. The van der Waals surface area contributed by atoms with E-state index >= 15 is 0 Å². The largest absolute Gasteiger partial charge is 0.508 e. The minimum Gasteiger partial charge on any atom is -0.508 e. The molecule has 3 aromatic rings. The van der Waals surface area contributed by atoms with Crippen molar-refractivity contribution in [1.29, 1.82) is 0 Å². The first-order valence-electron chi connectivity index (χ1n) is 9.03. The van der Waals surface area contributed by atoms with Crippen LogP contribution >= 0.6 is 0 Å². The summed E-state index contributed by atoms with van der Waals surface area (Å²) in [5.41, 5.74) is 5.62. The molecule has 134 valence electrons. The van der Waals surface area contributed by atoms with Crippen molar-refractivity contribution in [2.45, 2.75) is 33.1 Å². The Morgan fingerprint density at radius 3 is 2.04 bits per heavy atom. The van der Waals surface area contributed by atoms with Gasteiger partial charge in [0, 0.05) is 12.1 Å². The number of aromatic nitrogens is 1. The minimum atomic E-state index is 0.142. The van der Waals surface area contributed by atoms with E-state index in [-0.39, 0.29) is 11.2 Å². The molecule has 0 fully saturated rings. The zero-order valence-electron chi connectivity index (χ0n) is 15.9. The van der Waals surface area contributed by atoms with Gasteiger partial charge in [-0.2, -0.15) is 0 Å². The molecule has 0 saturated heterocycles. The van der Waals surface area contributed by atoms with Crippen LogP contribution < -0.4 is 5.32 Å². The van der Waals surface area contributed by atoms with Gasteiger partial charge in [0.05, 0.1) is 5.69 Å². The standard InChI is InChI=1S/C23H26N2O/c1-5-24-22-15-18(16-6-10-19(11-7-16)23(2,3)4)14-21(25-22)17-8-12-20(26)13-9-17/h6-15,26H,5H2,1-4H3,(H,24,25). The number of rotatable bonds is 4. The van der Waals surface area contributed by atoms with E-state index < -0.39 is 0 Å². The molecular formula is C23H26N2O. The first kappa shape index (κ1) is 18.0. The van der Waals surface area contributed by atoms with Gasteiger partial charge in [-0.3, -0.25) is 0 Å².